The summed E-state index contributed by atoms with van der Waals surface area (Å²) in [5.41, 5.74) is 1.57. The van der Waals surface area contributed by atoms with Gasteiger partial charge in [0, 0.05) is 28.8 Å². The van der Waals surface area contributed by atoms with E-state index in [4.69, 9.17) is 16.3 Å². The van der Waals surface area contributed by atoms with E-state index in [-0.39, 0.29) is 12.5 Å². The fourth-order valence-corrected chi connectivity index (χ4v) is 3.97. The van der Waals surface area contributed by atoms with Gasteiger partial charge in [-0.3, -0.25) is 4.79 Å². The van der Waals surface area contributed by atoms with E-state index in [1.54, 1.807) is 28.8 Å². The minimum Gasteiger partial charge on any atom is -0.452 e. The second-order valence-corrected chi connectivity index (χ2v) is 8.56. The molecule has 0 radical (unpaired) electrons. The lowest BCUT2D eigenvalue weighted by Crippen LogP contribution is -2.40. The Bertz CT molecular complexity index is 800. The van der Waals surface area contributed by atoms with Crippen LogP contribution in [0.4, 0.5) is 0 Å². The summed E-state index contributed by atoms with van der Waals surface area (Å²) in [5, 5.41) is 0.723. The molecule has 1 amide bonds. The number of carbonyl (C=O) groups is 2. The van der Waals surface area contributed by atoms with Crippen LogP contribution in [-0.4, -0.2) is 36.5 Å². The van der Waals surface area contributed by atoms with Gasteiger partial charge < -0.3 is 9.64 Å². The summed E-state index contributed by atoms with van der Waals surface area (Å²) >= 11 is 7.60. The first-order valence-electron chi connectivity index (χ1n) is 9.43. The van der Waals surface area contributed by atoms with Gasteiger partial charge in [0.2, 0.25) is 0 Å². The molecule has 0 atom stereocenters. The number of likely N-dealkylation sites (tertiary alicyclic amines) is 1. The van der Waals surface area contributed by atoms with E-state index in [0.29, 0.717) is 11.5 Å². The lowest BCUT2D eigenvalue weighted by atomic mass is 9.99. The molecule has 3 rings (SSSR count). The molecule has 1 aliphatic rings. The number of nitrogens with zero attached hydrogens (tertiary/aromatic N) is 1. The molecule has 0 saturated carbocycles. The number of esters is 1. The maximum absolute atomic E-state index is 12.2. The number of carbonyl (C=O) groups excluding carboxylic acids is 2. The summed E-state index contributed by atoms with van der Waals surface area (Å²) in [6.07, 6.45) is 2.02. The summed E-state index contributed by atoms with van der Waals surface area (Å²) < 4.78 is 5.20. The van der Waals surface area contributed by atoms with Gasteiger partial charge in [-0.15, -0.1) is 11.8 Å². The molecule has 1 aliphatic heterocycles. The number of thioether (sulfide) groups is 1. The van der Waals surface area contributed by atoms with E-state index in [1.165, 1.54) is 0 Å². The topological polar surface area (TPSA) is 46.6 Å². The second-order valence-electron chi connectivity index (χ2n) is 7.08. The fraction of sp³-hybridized carbons (Fsp3) is 0.364. The maximum atomic E-state index is 12.2. The van der Waals surface area contributed by atoms with Gasteiger partial charge in [-0.2, -0.15) is 0 Å². The van der Waals surface area contributed by atoms with Gasteiger partial charge in [-0.05, 0) is 60.7 Å². The molecule has 0 N–H and O–H groups in total. The normalized spacial score (nSPS) is 14.7. The highest BCUT2D eigenvalue weighted by atomic mass is 35.5. The molecule has 1 fully saturated rings. The number of hydrogen-bond acceptors (Lipinski definition) is 4. The molecule has 1 heterocycles. The van der Waals surface area contributed by atoms with E-state index in [1.807, 2.05) is 36.4 Å². The number of halogens is 1. The Balaban J connectivity index is 1.45. The van der Waals surface area contributed by atoms with Crippen molar-refractivity contribution < 1.29 is 14.3 Å². The number of benzene rings is 2. The third-order valence-corrected chi connectivity index (χ3v) is 6.21. The Hall–Kier alpha value is -1.98. The number of ether oxygens (including phenoxy) is 1. The van der Waals surface area contributed by atoms with E-state index < -0.39 is 5.97 Å². The van der Waals surface area contributed by atoms with Crippen molar-refractivity contribution in [3.8, 4) is 0 Å². The predicted octanol–water partition coefficient (Wildman–Crippen LogP) is 5.05. The molecule has 1 saturated heterocycles. The fourth-order valence-electron chi connectivity index (χ4n) is 2.99. The zero-order valence-corrected chi connectivity index (χ0v) is 17.5. The van der Waals surface area contributed by atoms with Crippen LogP contribution in [0.25, 0.3) is 0 Å². The van der Waals surface area contributed by atoms with Crippen LogP contribution >= 0.6 is 23.4 Å². The summed E-state index contributed by atoms with van der Waals surface area (Å²) in [6, 6.07) is 15.0. The Morgan fingerprint density at radius 1 is 1.07 bits per heavy atom. The van der Waals surface area contributed by atoms with Crippen LogP contribution in [0.1, 0.15) is 35.7 Å². The highest BCUT2D eigenvalue weighted by Gasteiger charge is 2.21. The zero-order valence-electron chi connectivity index (χ0n) is 15.9. The minimum atomic E-state index is -0.462. The van der Waals surface area contributed by atoms with Crippen LogP contribution in [-0.2, 0) is 15.3 Å². The van der Waals surface area contributed by atoms with Crippen LogP contribution in [0, 0.1) is 5.92 Å². The summed E-state index contributed by atoms with van der Waals surface area (Å²) in [6.45, 7) is 3.50. The average molecular weight is 418 g/mol. The molecule has 148 valence electrons. The Kier molecular flexibility index (Phi) is 7.40. The van der Waals surface area contributed by atoms with Crippen molar-refractivity contribution in [2.45, 2.75) is 30.4 Å². The maximum Gasteiger partial charge on any atom is 0.338 e. The summed E-state index contributed by atoms with van der Waals surface area (Å²) in [5.74, 6) is 0.873. The second kappa shape index (κ2) is 9.99. The summed E-state index contributed by atoms with van der Waals surface area (Å²) in [7, 11) is 0. The third-order valence-electron chi connectivity index (χ3n) is 4.87. The van der Waals surface area contributed by atoms with Crippen molar-refractivity contribution in [3.05, 3.63) is 64.7 Å². The van der Waals surface area contributed by atoms with Crippen molar-refractivity contribution >= 4 is 35.2 Å². The lowest BCUT2D eigenvalue weighted by Gasteiger charge is -2.30. The average Bonchev–Trinajstić information content (AvgIpc) is 2.72. The highest BCUT2D eigenvalue weighted by Crippen LogP contribution is 2.24. The number of amides is 1. The molecule has 2 aromatic rings. The van der Waals surface area contributed by atoms with Gasteiger partial charge in [-0.1, -0.05) is 30.7 Å². The Labute approximate surface area is 175 Å². The quantitative estimate of drug-likeness (QED) is 0.487. The van der Waals surface area contributed by atoms with E-state index >= 15 is 0 Å². The van der Waals surface area contributed by atoms with Crippen molar-refractivity contribution in [2.24, 2.45) is 5.92 Å². The molecule has 0 aliphatic carbocycles. The van der Waals surface area contributed by atoms with Crippen LogP contribution in [0.15, 0.2) is 53.4 Å². The smallest absolute Gasteiger partial charge is 0.338 e. The van der Waals surface area contributed by atoms with E-state index in [9.17, 15) is 9.59 Å². The molecular formula is C22H24ClNO3S. The Morgan fingerprint density at radius 2 is 1.71 bits per heavy atom. The molecule has 0 spiro atoms. The minimum absolute atomic E-state index is 0.115. The Morgan fingerprint density at radius 3 is 2.36 bits per heavy atom. The van der Waals surface area contributed by atoms with Crippen LogP contribution in [0.3, 0.4) is 0 Å². The van der Waals surface area contributed by atoms with Gasteiger partial charge in [0.05, 0.1) is 5.56 Å². The molecule has 0 unspecified atom stereocenters. The molecule has 6 heteroatoms. The van der Waals surface area contributed by atoms with Crippen LogP contribution in [0.2, 0.25) is 5.02 Å². The zero-order chi connectivity index (χ0) is 19.9. The SMILES string of the molecule is CC1CCN(C(=O)COC(=O)c2ccc(CSc3ccc(Cl)cc3)cc2)CC1. The van der Waals surface area contributed by atoms with Crippen LogP contribution in [0.5, 0.6) is 0 Å². The molecule has 28 heavy (non-hydrogen) atoms. The summed E-state index contributed by atoms with van der Waals surface area (Å²) in [4.78, 5) is 27.3. The van der Waals surface area contributed by atoms with Gasteiger partial charge in [-0.25, -0.2) is 4.79 Å². The van der Waals surface area contributed by atoms with Crippen molar-refractivity contribution in [2.75, 3.05) is 19.7 Å². The van der Waals surface area contributed by atoms with Gasteiger partial charge in [0.1, 0.15) is 0 Å². The number of rotatable bonds is 6. The van der Waals surface area contributed by atoms with Crippen LogP contribution < -0.4 is 0 Å². The lowest BCUT2D eigenvalue weighted by molar-refractivity contribution is -0.135. The van der Waals surface area contributed by atoms with Gasteiger partial charge in [0.25, 0.3) is 5.91 Å². The molecular weight excluding hydrogens is 394 g/mol. The number of piperidine rings is 1. The predicted molar refractivity (Wildman–Crippen MR) is 113 cm³/mol. The number of hydrogen-bond donors (Lipinski definition) is 0. The van der Waals surface area contributed by atoms with Crippen molar-refractivity contribution in [3.63, 3.8) is 0 Å². The first-order valence-corrected chi connectivity index (χ1v) is 10.8. The van der Waals surface area contributed by atoms with Gasteiger partial charge in [0.15, 0.2) is 6.61 Å². The molecule has 4 nitrogen and oxygen atoms in total. The van der Waals surface area contributed by atoms with Crippen molar-refractivity contribution in [1.82, 2.24) is 4.90 Å². The molecule has 0 bridgehead atoms. The standard InChI is InChI=1S/C22H24ClNO3S/c1-16-10-12-24(13-11-16)21(25)14-27-22(26)18-4-2-17(3-5-18)15-28-20-8-6-19(23)7-9-20/h2-9,16H,10-15H2,1H3. The highest BCUT2D eigenvalue weighted by molar-refractivity contribution is 7.98. The van der Waals surface area contributed by atoms with E-state index in [2.05, 4.69) is 6.92 Å². The third kappa shape index (κ3) is 6.01. The molecule has 0 aromatic heterocycles. The monoisotopic (exact) mass is 417 g/mol. The van der Waals surface area contributed by atoms with E-state index in [0.717, 1.165) is 47.2 Å². The van der Waals surface area contributed by atoms with Gasteiger partial charge >= 0.3 is 5.97 Å². The first-order chi connectivity index (χ1) is 13.5. The largest absolute Gasteiger partial charge is 0.452 e. The van der Waals surface area contributed by atoms with Crippen molar-refractivity contribution in [1.29, 1.82) is 0 Å². The first kappa shape index (κ1) is 20.7. The molecule has 2 aromatic carbocycles.